The quantitative estimate of drug-likeness (QED) is 0.253. The normalized spacial score (nSPS) is 23.4. The summed E-state index contributed by atoms with van der Waals surface area (Å²) in [5, 5.41) is 0. The van der Waals surface area contributed by atoms with Gasteiger partial charge in [-0.25, -0.2) is 8.78 Å². The number of alkyl halides is 5. The van der Waals surface area contributed by atoms with Gasteiger partial charge in [-0.3, -0.25) is 0 Å². The van der Waals surface area contributed by atoms with E-state index in [9.17, 15) is 22.0 Å². The first-order valence-corrected chi connectivity index (χ1v) is 14.4. The van der Waals surface area contributed by atoms with E-state index in [4.69, 9.17) is 4.74 Å². The fourth-order valence-corrected chi connectivity index (χ4v) is 6.44. The van der Waals surface area contributed by atoms with Crippen LogP contribution in [0.5, 0.6) is 11.5 Å². The third kappa shape index (κ3) is 7.21. The fraction of sp³-hybridized carbons (Fsp3) is 0.455. The maximum Gasteiger partial charge on any atom is 0.573 e. The Morgan fingerprint density at radius 3 is 1.71 bits per heavy atom. The number of ether oxygens (including phenoxy) is 2. The molecular formula is C33H33F7O2. The molecule has 0 unspecified atom stereocenters. The zero-order valence-electron chi connectivity index (χ0n) is 23.2. The van der Waals surface area contributed by atoms with Crippen molar-refractivity contribution in [1.29, 1.82) is 0 Å². The van der Waals surface area contributed by atoms with Crippen molar-refractivity contribution < 1.29 is 40.2 Å². The number of hydrogen-bond acceptors (Lipinski definition) is 2. The van der Waals surface area contributed by atoms with Gasteiger partial charge in [-0.2, -0.15) is 8.78 Å². The standard InChI is InChI=1S/C33H33F7O2/c1-20-2-4-21(5-3-20)22-6-12-26(13-7-22)32(36,37)41-27-14-8-23(9-15-27)24-10-16-28(29(34)18-24)25-11-17-31(30(35)19-25)42-33(38,39)40/h8-11,14-22,26H,2-7,12-13H2,1H3. The molecule has 42 heavy (non-hydrogen) atoms. The summed E-state index contributed by atoms with van der Waals surface area (Å²) in [6.07, 6.45) is -0.990. The molecule has 0 heterocycles. The van der Waals surface area contributed by atoms with Crippen LogP contribution in [0.3, 0.4) is 0 Å². The first-order chi connectivity index (χ1) is 19.9. The molecule has 3 aromatic rings. The van der Waals surface area contributed by atoms with Gasteiger partial charge in [-0.1, -0.05) is 50.1 Å². The third-order valence-corrected chi connectivity index (χ3v) is 8.85. The number of benzene rings is 3. The van der Waals surface area contributed by atoms with Crippen LogP contribution in [0.15, 0.2) is 60.7 Å². The van der Waals surface area contributed by atoms with Gasteiger partial charge in [0.1, 0.15) is 11.6 Å². The highest BCUT2D eigenvalue weighted by Crippen LogP contribution is 2.45. The molecule has 2 aliphatic rings. The summed E-state index contributed by atoms with van der Waals surface area (Å²) >= 11 is 0. The topological polar surface area (TPSA) is 18.5 Å². The lowest BCUT2D eigenvalue weighted by molar-refractivity contribution is -0.275. The van der Waals surface area contributed by atoms with Gasteiger partial charge in [0.2, 0.25) is 0 Å². The van der Waals surface area contributed by atoms with Crippen molar-refractivity contribution in [2.75, 3.05) is 0 Å². The minimum absolute atomic E-state index is 0.0147. The molecule has 5 rings (SSSR count). The summed E-state index contributed by atoms with van der Waals surface area (Å²) in [4.78, 5) is 0. The Morgan fingerprint density at radius 1 is 0.595 bits per heavy atom. The second-order valence-electron chi connectivity index (χ2n) is 11.7. The molecular weight excluding hydrogens is 561 g/mol. The lowest BCUT2D eigenvalue weighted by Gasteiger charge is -2.38. The summed E-state index contributed by atoms with van der Waals surface area (Å²) in [7, 11) is 0. The Labute approximate surface area is 240 Å². The molecule has 0 spiro atoms. The number of hydrogen-bond donors (Lipinski definition) is 0. The van der Waals surface area contributed by atoms with Crippen molar-refractivity contribution in [2.45, 2.75) is 70.8 Å². The van der Waals surface area contributed by atoms with Crippen LogP contribution < -0.4 is 9.47 Å². The Balaban J connectivity index is 1.20. The van der Waals surface area contributed by atoms with Crippen molar-refractivity contribution in [3.05, 3.63) is 72.3 Å². The molecule has 2 nitrogen and oxygen atoms in total. The highest BCUT2D eigenvalue weighted by atomic mass is 19.4. The largest absolute Gasteiger partial charge is 0.573 e. The fourth-order valence-electron chi connectivity index (χ4n) is 6.44. The summed E-state index contributed by atoms with van der Waals surface area (Å²) in [5.74, 6) is -1.91. The van der Waals surface area contributed by atoms with Crippen molar-refractivity contribution in [3.63, 3.8) is 0 Å². The molecule has 0 saturated heterocycles. The molecule has 2 saturated carbocycles. The maximum atomic E-state index is 15.1. The van der Waals surface area contributed by atoms with Crippen LogP contribution in [0.2, 0.25) is 0 Å². The molecule has 0 aromatic heterocycles. The van der Waals surface area contributed by atoms with Gasteiger partial charge >= 0.3 is 12.5 Å². The molecule has 0 N–H and O–H groups in total. The van der Waals surface area contributed by atoms with Crippen LogP contribution in [0.1, 0.15) is 58.3 Å². The molecule has 0 bridgehead atoms. The highest BCUT2D eigenvalue weighted by molar-refractivity contribution is 5.71. The molecule has 9 heteroatoms. The SMILES string of the molecule is CC1CCC(C2CCC(C(F)(F)Oc3ccc(-c4ccc(-c5ccc(OC(F)(F)F)c(F)c5)c(F)c4)cc3)CC2)CC1. The van der Waals surface area contributed by atoms with E-state index in [0.717, 1.165) is 37.0 Å². The van der Waals surface area contributed by atoms with Gasteiger partial charge in [-0.15, -0.1) is 13.2 Å². The van der Waals surface area contributed by atoms with Crippen LogP contribution in [0.4, 0.5) is 30.7 Å². The van der Waals surface area contributed by atoms with Crippen LogP contribution in [-0.2, 0) is 0 Å². The predicted molar refractivity (Wildman–Crippen MR) is 146 cm³/mol. The van der Waals surface area contributed by atoms with E-state index in [-0.39, 0.29) is 16.9 Å². The second-order valence-corrected chi connectivity index (χ2v) is 11.7. The average Bonchev–Trinajstić information content (AvgIpc) is 2.94. The first-order valence-electron chi connectivity index (χ1n) is 14.4. The van der Waals surface area contributed by atoms with Crippen LogP contribution in [0.25, 0.3) is 22.3 Å². The van der Waals surface area contributed by atoms with Crippen LogP contribution in [0, 0.1) is 35.3 Å². The molecule has 2 aliphatic carbocycles. The molecule has 226 valence electrons. The summed E-state index contributed by atoms with van der Waals surface area (Å²) in [5.41, 5.74) is 0.976. The lowest BCUT2D eigenvalue weighted by Crippen LogP contribution is -2.38. The van der Waals surface area contributed by atoms with E-state index in [2.05, 4.69) is 11.7 Å². The Morgan fingerprint density at radius 2 is 1.14 bits per heavy atom. The average molecular weight is 595 g/mol. The van der Waals surface area contributed by atoms with Crippen LogP contribution >= 0.6 is 0 Å². The van der Waals surface area contributed by atoms with Gasteiger partial charge in [0.15, 0.2) is 11.6 Å². The lowest BCUT2D eigenvalue weighted by atomic mass is 9.69. The first kappa shape index (κ1) is 30.2. The van der Waals surface area contributed by atoms with Crippen molar-refractivity contribution in [2.24, 2.45) is 23.7 Å². The minimum Gasteiger partial charge on any atom is -0.432 e. The van der Waals surface area contributed by atoms with E-state index in [0.29, 0.717) is 35.8 Å². The number of rotatable bonds is 7. The second kappa shape index (κ2) is 12.2. The minimum atomic E-state index is -5.06. The van der Waals surface area contributed by atoms with Crippen molar-refractivity contribution in [3.8, 4) is 33.8 Å². The van der Waals surface area contributed by atoms with Gasteiger partial charge in [0.25, 0.3) is 0 Å². The van der Waals surface area contributed by atoms with Crippen LogP contribution in [-0.4, -0.2) is 12.5 Å². The van der Waals surface area contributed by atoms with E-state index in [1.807, 2.05) is 0 Å². The molecule has 2 fully saturated rings. The Kier molecular flexibility index (Phi) is 8.76. The van der Waals surface area contributed by atoms with E-state index < -0.39 is 35.8 Å². The third-order valence-electron chi connectivity index (χ3n) is 8.85. The molecule has 3 aromatic carbocycles. The van der Waals surface area contributed by atoms with E-state index in [1.54, 1.807) is 18.2 Å². The van der Waals surface area contributed by atoms with Gasteiger partial charge in [0.05, 0.1) is 5.92 Å². The van der Waals surface area contributed by atoms with Gasteiger partial charge < -0.3 is 9.47 Å². The Hall–Kier alpha value is -3.23. The molecule has 0 atom stereocenters. The van der Waals surface area contributed by atoms with Gasteiger partial charge in [0, 0.05) is 5.56 Å². The van der Waals surface area contributed by atoms with E-state index >= 15 is 8.78 Å². The molecule has 0 amide bonds. The molecule has 0 radical (unpaired) electrons. The molecule has 0 aliphatic heterocycles. The Bertz CT molecular complexity index is 1350. The smallest absolute Gasteiger partial charge is 0.432 e. The van der Waals surface area contributed by atoms with E-state index in [1.165, 1.54) is 49.9 Å². The van der Waals surface area contributed by atoms with Crippen molar-refractivity contribution in [1.82, 2.24) is 0 Å². The monoisotopic (exact) mass is 594 g/mol. The highest BCUT2D eigenvalue weighted by Gasteiger charge is 2.45. The van der Waals surface area contributed by atoms with Gasteiger partial charge in [-0.05, 0) is 103 Å². The predicted octanol–water partition coefficient (Wildman–Crippen LogP) is 10.8. The zero-order chi connectivity index (χ0) is 30.1. The summed E-state index contributed by atoms with van der Waals surface area (Å²) in [6.45, 7) is 2.28. The summed E-state index contributed by atoms with van der Waals surface area (Å²) in [6, 6.07) is 12.7. The maximum absolute atomic E-state index is 15.1. The summed E-state index contributed by atoms with van der Waals surface area (Å²) < 4.78 is 105. The number of halogens is 7. The van der Waals surface area contributed by atoms with Crippen molar-refractivity contribution >= 4 is 0 Å². The zero-order valence-corrected chi connectivity index (χ0v) is 23.2.